The van der Waals surface area contributed by atoms with E-state index in [0.717, 1.165) is 76.3 Å². The second kappa shape index (κ2) is 12.1. The van der Waals surface area contributed by atoms with Gasteiger partial charge in [-0.25, -0.2) is 0 Å². The van der Waals surface area contributed by atoms with Crippen molar-refractivity contribution in [2.24, 2.45) is 0 Å². The number of nitrogens with zero attached hydrogens (tertiary/aromatic N) is 4. The van der Waals surface area contributed by atoms with Crippen molar-refractivity contribution in [3.63, 3.8) is 0 Å². The van der Waals surface area contributed by atoms with Gasteiger partial charge in [0, 0.05) is 63.0 Å². The fraction of sp³-hybridized carbons (Fsp3) is 0.533. The van der Waals surface area contributed by atoms with Crippen molar-refractivity contribution in [2.45, 2.75) is 44.6 Å². The van der Waals surface area contributed by atoms with Crippen molar-refractivity contribution >= 4 is 17.5 Å². The molecule has 0 unspecified atom stereocenters. The molecule has 2 fully saturated rings. The number of carbonyl (C=O) groups is 2. The number of piperidine rings is 1. The Hall–Kier alpha value is -2.90. The van der Waals surface area contributed by atoms with Crippen molar-refractivity contribution in [1.29, 1.82) is 0 Å². The predicted octanol–water partition coefficient (Wildman–Crippen LogP) is 3.68. The van der Waals surface area contributed by atoms with Gasteiger partial charge in [-0.05, 0) is 81.6 Å². The van der Waals surface area contributed by atoms with Crippen LogP contribution in [0.25, 0.3) is 0 Å². The molecule has 7 heteroatoms. The molecule has 0 atom stereocenters. The number of unbranched alkanes of at least 4 members (excludes halogenated alkanes) is 1. The minimum absolute atomic E-state index is 0.0579. The molecule has 0 N–H and O–H groups in total. The molecule has 0 bridgehead atoms. The standard InChI is InChI=1S/C30H40N4O3/c1-31-19-21-32(22-20-31)16-4-5-23-37-27-11-8-25(9-12-27)30(36)33-17-14-26(15-18-33)34-28-7-3-2-6-24(28)10-13-29(34)35/h2-3,6-9,11-12,26H,4-5,10,13-23H2,1H3. The number of anilines is 1. The zero-order valence-electron chi connectivity index (χ0n) is 22.1. The second-order valence-corrected chi connectivity index (χ2v) is 10.6. The van der Waals surface area contributed by atoms with Crippen LogP contribution >= 0.6 is 0 Å². The number of rotatable bonds is 8. The van der Waals surface area contributed by atoms with Gasteiger partial charge >= 0.3 is 0 Å². The summed E-state index contributed by atoms with van der Waals surface area (Å²) in [6, 6.07) is 15.9. The van der Waals surface area contributed by atoms with Crippen molar-refractivity contribution in [2.75, 3.05) is 64.4 Å². The highest BCUT2D eigenvalue weighted by Gasteiger charge is 2.33. The summed E-state index contributed by atoms with van der Waals surface area (Å²) in [5.74, 6) is 1.08. The third-order valence-electron chi connectivity index (χ3n) is 8.08. The van der Waals surface area contributed by atoms with Crippen LogP contribution in [0.3, 0.4) is 0 Å². The molecule has 3 heterocycles. The lowest BCUT2D eigenvalue weighted by Gasteiger charge is -2.41. The lowest BCUT2D eigenvalue weighted by molar-refractivity contribution is -0.119. The predicted molar refractivity (Wildman–Crippen MR) is 146 cm³/mol. The Balaban J connectivity index is 1.05. The van der Waals surface area contributed by atoms with Crippen LogP contribution in [-0.2, 0) is 11.2 Å². The molecule has 5 rings (SSSR count). The first-order valence-corrected chi connectivity index (χ1v) is 13.9. The van der Waals surface area contributed by atoms with Crippen LogP contribution in [0, 0.1) is 0 Å². The van der Waals surface area contributed by atoms with Crippen LogP contribution in [0.5, 0.6) is 5.75 Å². The van der Waals surface area contributed by atoms with Crippen LogP contribution < -0.4 is 9.64 Å². The van der Waals surface area contributed by atoms with E-state index in [0.29, 0.717) is 31.7 Å². The zero-order valence-corrected chi connectivity index (χ0v) is 22.1. The van der Waals surface area contributed by atoms with Gasteiger partial charge in [0.2, 0.25) is 5.91 Å². The first kappa shape index (κ1) is 25.7. The Morgan fingerprint density at radius 2 is 1.62 bits per heavy atom. The zero-order chi connectivity index (χ0) is 25.6. The largest absolute Gasteiger partial charge is 0.494 e. The Morgan fingerprint density at radius 1 is 0.892 bits per heavy atom. The molecular weight excluding hydrogens is 464 g/mol. The SMILES string of the molecule is CN1CCN(CCCCOc2ccc(C(=O)N3CCC(N4C(=O)CCc5ccccc54)CC3)cc2)CC1. The molecule has 0 aliphatic carbocycles. The highest BCUT2D eigenvalue weighted by molar-refractivity contribution is 5.97. The van der Waals surface area contributed by atoms with Gasteiger partial charge < -0.3 is 24.3 Å². The smallest absolute Gasteiger partial charge is 0.253 e. The monoisotopic (exact) mass is 504 g/mol. The van der Waals surface area contributed by atoms with E-state index in [2.05, 4.69) is 29.0 Å². The number of para-hydroxylation sites is 1. The van der Waals surface area contributed by atoms with Crippen LogP contribution in [-0.4, -0.2) is 92.0 Å². The summed E-state index contributed by atoms with van der Waals surface area (Å²) >= 11 is 0. The quantitative estimate of drug-likeness (QED) is 0.514. The number of hydrogen-bond donors (Lipinski definition) is 0. The van der Waals surface area contributed by atoms with Crippen LogP contribution in [0.15, 0.2) is 48.5 Å². The topological polar surface area (TPSA) is 56.3 Å². The normalized spacial score (nSPS) is 19.6. The number of likely N-dealkylation sites (N-methyl/N-ethyl adjacent to an activating group) is 1. The van der Waals surface area contributed by atoms with Gasteiger partial charge in [-0.15, -0.1) is 0 Å². The Bertz CT molecular complexity index is 1060. The maximum atomic E-state index is 13.1. The molecule has 3 aliphatic rings. The molecule has 3 aliphatic heterocycles. The van der Waals surface area contributed by atoms with E-state index < -0.39 is 0 Å². The summed E-state index contributed by atoms with van der Waals surface area (Å²) in [4.78, 5) is 34.7. The molecule has 2 aromatic rings. The molecule has 7 nitrogen and oxygen atoms in total. The first-order chi connectivity index (χ1) is 18.1. The summed E-state index contributed by atoms with van der Waals surface area (Å²) in [6.45, 7) is 7.82. The number of carbonyl (C=O) groups excluding carboxylic acids is 2. The maximum Gasteiger partial charge on any atom is 0.253 e. The van der Waals surface area contributed by atoms with E-state index >= 15 is 0 Å². The summed E-state index contributed by atoms with van der Waals surface area (Å²) in [6.07, 6.45) is 5.18. The molecule has 198 valence electrons. The highest BCUT2D eigenvalue weighted by Crippen LogP contribution is 2.32. The van der Waals surface area contributed by atoms with Gasteiger partial charge in [0.25, 0.3) is 5.91 Å². The third kappa shape index (κ3) is 6.33. The van der Waals surface area contributed by atoms with E-state index in [1.165, 1.54) is 5.56 Å². The Labute approximate surface area is 221 Å². The molecule has 2 aromatic carbocycles. The number of likely N-dealkylation sites (tertiary alicyclic amines) is 1. The van der Waals surface area contributed by atoms with Gasteiger partial charge in [-0.1, -0.05) is 18.2 Å². The molecule has 0 aromatic heterocycles. The minimum atomic E-state index is 0.0579. The van der Waals surface area contributed by atoms with E-state index in [4.69, 9.17) is 4.74 Å². The first-order valence-electron chi connectivity index (χ1n) is 13.9. The number of piperazine rings is 1. The fourth-order valence-electron chi connectivity index (χ4n) is 5.76. The number of hydrogen-bond acceptors (Lipinski definition) is 5. The van der Waals surface area contributed by atoms with Crippen molar-refractivity contribution in [3.05, 3.63) is 59.7 Å². The molecular formula is C30H40N4O3. The van der Waals surface area contributed by atoms with Gasteiger partial charge in [-0.2, -0.15) is 0 Å². The number of amides is 2. The Morgan fingerprint density at radius 3 is 2.38 bits per heavy atom. The average molecular weight is 505 g/mol. The molecule has 37 heavy (non-hydrogen) atoms. The van der Waals surface area contributed by atoms with E-state index in [-0.39, 0.29) is 17.9 Å². The van der Waals surface area contributed by atoms with Crippen molar-refractivity contribution < 1.29 is 14.3 Å². The minimum Gasteiger partial charge on any atom is -0.494 e. The highest BCUT2D eigenvalue weighted by atomic mass is 16.5. The van der Waals surface area contributed by atoms with E-state index in [1.54, 1.807) is 0 Å². The summed E-state index contributed by atoms with van der Waals surface area (Å²) in [5, 5.41) is 0. The third-order valence-corrected chi connectivity index (χ3v) is 8.08. The van der Waals surface area contributed by atoms with Crippen LogP contribution in [0.4, 0.5) is 5.69 Å². The lowest BCUT2D eigenvalue weighted by Crippen LogP contribution is -2.50. The summed E-state index contributed by atoms with van der Waals surface area (Å²) in [7, 11) is 2.19. The van der Waals surface area contributed by atoms with E-state index in [1.807, 2.05) is 46.2 Å². The summed E-state index contributed by atoms with van der Waals surface area (Å²) < 4.78 is 5.92. The maximum absolute atomic E-state index is 13.1. The average Bonchev–Trinajstić information content (AvgIpc) is 2.94. The van der Waals surface area contributed by atoms with Gasteiger partial charge in [-0.3, -0.25) is 9.59 Å². The fourth-order valence-corrected chi connectivity index (χ4v) is 5.76. The molecule has 2 saturated heterocycles. The van der Waals surface area contributed by atoms with E-state index in [9.17, 15) is 9.59 Å². The van der Waals surface area contributed by atoms with Crippen LogP contribution in [0.1, 0.15) is 48.0 Å². The molecule has 0 spiro atoms. The van der Waals surface area contributed by atoms with Gasteiger partial charge in [0.1, 0.15) is 5.75 Å². The van der Waals surface area contributed by atoms with Crippen molar-refractivity contribution in [1.82, 2.24) is 14.7 Å². The van der Waals surface area contributed by atoms with Gasteiger partial charge in [0.05, 0.1) is 6.61 Å². The van der Waals surface area contributed by atoms with Crippen molar-refractivity contribution in [3.8, 4) is 5.75 Å². The lowest BCUT2D eigenvalue weighted by atomic mass is 9.95. The molecule has 0 saturated carbocycles. The number of aryl methyl sites for hydroxylation is 1. The Kier molecular flexibility index (Phi) is 8.41. The molecule has 0 radical (unpaired) electrons. The number of fused-ring (bicyclic) bond motifs is 1. The molecule has 2 amide bonds. The van der Waals surface area contributed by atoms with Gasteiger partial charge in [0.15, 0.2) is 0 Å². The van der Waals surface area contributed by atoms with Crippen LogP contribution in [0.2, 0.25) is 0 Å². The number of ether oxygens (including phenoxy) is 1. The second-order valence-electron chi connectivity index (χ2n) is 10.6. The summed E-state index contributed by atoms with van der Waals surface area (Å²) in [5.41, 5.74) is 3.00. The number of benzene rings is 2.